The smallest absolute Gasteiger partial charge is 0.0217 e. The summed E-state index contributed by atoms with van der Waals surface area (Å²) in [6.45, 7) is 8.71. The molecule has 2 unspecified atom stereocenters. The molecule has 0 aromatic heterocycles. The minimum atomic E-state index is 0.522. The van der Waals surface area contributed by atoms with Crippen molar-refractivity contribution in [1.82, 2.24) is 15.1 Å². The van der Waals surface area contributed by atoms with Gasteiger partial charge in [0.15, 0.2) is 0 Å². The zero-order valence-electron chi connectivity index (χ0n) is 11.1. The molecule has 2 aliphatic heterocycles. The van der Waals surface area contributed by atoms with Gasteiger partial charge in [-0.2, -0.15) is 0 Å². The fourth-order valence-electron chi connectivity index (χ4n) is 3.14. The van der Waals surface area contributed by atoms with Gasteiger partial charge in [-0.1, -0.05) is 6.92 Å². The van der Waals surface area contributed by atoms with E-state index in [2.05, 4.69) is 36.1 Å². The lowest BCUT2D eigenvalue weighted by molar-refractivity contribution is 0.0971. The highest BCUT2D eigenvalue weighted by Crippen LogP contribution is 2.27. The molecule has 0 aromatic rings. The molecule has 0 bridgehead atoms. The summed E-state index contributed by atoms with van der Waals surface area (Å²) in [5.74, 6) is 0. The van der Waals surface area contributed by atoms with E-state index in [0.29, 0.717) is 5.41 Å². The largest absolute Gasteiger partial charge is 0.316 e. The van der Waals surface area contributed by atoms with Crippen molar-refractivity contribution in [2.24, 2.45) is 5.41 Å². The summed E-state index contributed by atoms with van der Waals surface area (Å²) in [6, 6.07) is 0.770. The van der Waals surface area contributed by atoms with E-state index in [9.17, 15) is 0 Å². The summed E-state index contributed by atoms with van der Waals surface area (Å²) in [4.78, 5) is 5.07. The van der Waals surface area contributed by atoms with Gasteiger partial charge in [0, 0.05) is 25.7 Å². The maximum atomic E-state index is 3.50. The van der Waals surface area contributed by atoms with E-state index in [0.717, 1.165) is 6.04 Å². The molecule has 0 spiro atoms. The van der Waals surface area contributed by atoms with Crippen molar-refractivity contribution >= 4 is 0 Å². The number of nitrogens with one attached hydrogen (secondary N) is 1. The average molecular weight is 225 g/mol. The minimum absolute atomic E-state index is 0.522. The lowest BCUT2D eigenvalue weighted by Crippen LogP contribution is -2.48. The number of hydrogen-bond donors (Lipinski definition) is 1. The minimum Gasteiger partial charge on any atom is -0.316 e. The number of nitrogens with zero attached hydrogens (tertiary/aromatic N) is 2. The molecule has 1 N–H and O–H groups in total. The fraction of sp³-hybridized carbons (Fsp3) is 1.00. The van der Waals surface area contributed by atoms with E-state index in [4.69, 9.17) is 0 Å². The number of hydrogen-bond acceptors (Lipinski definition) is 3. The van der Waals surface area contributed by atoms with E-state index in [1.807, 2.05) is 0 Å². The van der Waals surface area contributed by atoms with Crippen LogP contribution in [0.5, 0.6) is 0 Å². The molecule has 2 atom stereocenters. The van der Waals surface area contributed by atoms with Crippen LogP contribution in [-0.2, 0) is 0 Å². The second-order valence-electron chi connectivity index (χ2n) is 6.23. The highest BCUT2D eigenvalue weighted by molar-refractivity contribution is 4.89. The zero-order chi connectivity index (χ0) is 11.6. The second-order valence-corrected chi connectivity index (χ2v) is 6.23. The number of likely N-dealkylation sites (tertiary alicyclic amines) is 1. The third kappa shape index (κ3) is 2.96. The first-order valence-corrected chi connectivity index (χ1v) is 6.69. The van der Waals surface area contributed by atoms with Crippen LogP contribution in [0.4, 0.5) is 0 Å². The standard InChI is InChI=1S/C13H27N3/c1-13(6-7-14-10-13)11-16-8-4-5-12(9-16)15(2)3/h12,14H,4-11H2,1-3H3. The molecule has 3 nitrogen and oxygen atoms in total. The summed E-state index contributed by atoms with van der Waals surface area (Å²) in [7, 11) is 4.43. The van der Waals surface area contributed by atoms with Crippen LogP contribution in [0.15, 0.2) is 0 Å². The molecule has 0 radical (unpaired) electrons. The lowest BCUT2D eigenvalue weighted by atomic mass is 9.88. The van der Waals surface area contributed by atoms with E-state index in [1.54, 1.807) is 0 Å². The van der Waals surface area contributed by atoms with Crippen LogP contribution in [0.1, 0.15) is 26.2 Å². The Balaban J connectivity index is 1.85. The molecule has 2 heterocycles. The Bertz CT molecular complexity index is 221. The van der Waals surface area contributed by atoms with Crippen molar-refractivity contribution in [1.29, 1.82) is 0 Å². The number of piperidine rings is 1. The molecular weight excluding hydrogens is 198 g/mol. The van der Waals surface area contributed by atoms with Gasteiger partial charge in [0.2, 0.25) is 0 Å². The Morgan fingerprint density at radius 1 is 1.44 bits per heavy atom. The lowest BCUT2D eigenvalue weighted by Gasteiger charge is -2.39. The van der Waals surface area contributed by atoms with E-state index < -0.39 is 0 Å². The Morgan fingerprint density at radius 2 is 2.25 bits per heavy atom. The van der Waals surface area contributed by atoms with Crippen LogP contribution in [0.25, 0.3) is 0 Å². The van der Waals surface area contributed by atoms with E-state index >= 15 is 0 Å². The Kier molecular flexibility index (Phi) is 3.88. The van der Waals surface area contributed by atoms with E-state index in [1.165, 1.54) is 52.0 Å². The van der Waals surface area contributed by atoms with Crippen LogP contribution in [-0.4, -0.2) is 62.7 Å². The predicted octanol–water partition coefficient (Wildman–Crippen LogP) is 1.01. The van der Waals surface area contributed by atoms with Crippen LogP contribution in [0.3, 0.4) is 0 Å². The number of likely N-dealkylation sites (N-methyl/N-ethyl adjacent to an activating group) is 1. The van der Waals surface area contributed by atoms with Crippen molar-refractivity contribution in [2.75, 3.05) is 46.8 Å². The first-order valence-electron chi connectivity index (χ1n) is 6.69. The zero-order valence-corrected chi connectivity index (χ0v) is 11.1. The SMILES string of the molecule is CN(C)C1CCCN(CC2(C)CCNC2)C1. The van der Waals surface area contributed by atoms with Crippen molar-refractivity contribution < 1.29 is 0 Å². The van der Waals surface area contributed by atoms with Gasteiger partial charge in [-0.05, 0) is 51.9 Å². The molecule has 0 aromatic carbocycles. The maximum Gasteiger partial charge on any atom is 0.0217 e. The molecule has 16 heavy (non-hydrogen) atoms. The van der Waals surface area contributed by atoms with Crippen LogP contribution in [0.2, 0.25) is 0 Å². The van der Waals surface area contributed by atoms with Gasteiger partial charge in [-0.25, -0.2) is 0 Å². The first kappa shape index (κ1) is 12.3. The molecule has 3 heteroatoms. The van der Waals surface area contributed by atoms with Gasteiger partial charge >= 0.3 is 0 Å². The van der Waals surface area contributed by atoms with Gasteiger partial charge in [0.25, 0.3) is 0 Å². The Labute approximate surface area is 100 Å². The molecule has 2 aliphatic rings. The summed E-state index contributed by atoms with van der Waals surface area (Å²) in [5.41, 5.74) is 0.522. The normalized spacial score (nSPS) is 37.1. The summed E-state index contributed by atoms with van der Waals surface area (Å²) >= 11 is 0. The average Bonchev–Trinajstić information content (AvgIpc) is 2.65. The second kappa shape index (κ2) is 5.03. The molecule has 2 saturated heterocycles. The quantitative estimate of drug-likeness (QED) is 0.773. The van der Waals surface area contributed by atoms with Gasteiger partial charge in [0.05, 0.1) is 0 Å². The van der Waals surface area contributed by atoms with Gasteiger partial charge in [-0.15, -0.1) is 0 Å². The monoisotopic (exact) mass is 225 g/mol. The van der Waals surface area contributed by atoms with Gasteiger partial charge < -0.3 is 15.1 Å². The van der Waals surface area contributed by atoms with Crippen molar-refractivity contribution in [3.63, 3.8) is 0 Å². The number of rotatable bonds is 3. The Hall–Kier alpha value is -0.120. The van der Waals surface area contributed by atoms with Crippen LogP contribution in [0, 0.1) is 5.41 Å². The molecular formula is C13H27N3. The summed E-state index contributed by atoms with van der Waals surface area (Å²) in [6.07, 6.45) is 4.08. The van der Waals surface area contributed by atoms with Crippen molar-refractivity contribution in [3.8, 4) is 0 Å². The third-order valence-corrected chi connectivity index (χ3v) is 4.27. The predicted molar refractivity (Wildman–Crippen MR) is 68.7 cm³/mol. The first-order chi connectivity index (χ1) is 7.59. The van der Waals surface area contributed by atoms with Crippen LogP contribution >= 0.6 is 0 Å². The maximum absolute atomic E-state index is 3.50. The molecule has 0 saturated carbocycles. The van der Waals surface area contributed by atoms with Crippen molar-refractivity contribution in [3.05, 3.63) is 0 Å². The fourth-order valence-corrected chi connectivity index (χ4v) is 3.14. The summed E-state index contributed by atoms with van der Waals surface area (Å²) < 4.78 is 0. The topological polar surface area (TPSA) is 18.5 Å². The highest BCUT2D eigenvalue weighted by atomic mass is 15.2. The molecule has 0 amide bonds. The van der Waals surface area contributed by atoms with Crippen molar-refractivity contribution in [2.45, 2.75) is 32.2 Å². The third-order valence-electron chi connectivity index (χ3n) is 4.27. The van der Waals surface area contributed by atoms with Gasteiger partial charge in [0.1, 0.15) is 0 Å². The Morgan fingerprint density at radius 3 is 2.88 bits per heavy atom. The molecule has 2 fully saturated rings. The highest BCUT2D eigenvalue weighted by Gasteiger charge is 2.32. The van der Waals surface area contributed by atoms with Gasteiger partial charge in [-0.3, -0.25) is 0 Å². The molecule has 2 rings (SSSR count). The molecule has 0 aliphatic carbocycles. The summed E-state index contributed by atoms with van der Waals surface area (Å²) in [5, 5.41) is 3.50. The molecule has 94 valence electrons. The van der Waals surface area contributed by atoms with E-state index in [-0.39, 0.29) is 0 Å². The van der Waals surface area contributed by atoms with Crippen LogP contribution < -0.4 is 5.32 Å².